The fourth-order valence-electron chi connectivity index (χ4n) is 2.77. The van der Waals surface area contributed by atoms with Crippen LogP contribution in [0.25, 0.3) is 0 Å². The van der Waals surface area contributed by atoms with Crippen LogP contribution >= 0.6 is 0 Å². The number of benzene rings is 2. The van der Waals surface area contributed by atoms with E-state index in [0.29, 0.717) is 24.1 Å². The van der Waals surface area contributed by atoms with Crippen molar-refractivity contribution >= 4 is 23.5 Å². The molecule has 3 N–H and O–H groups in total. The molecule has 148 valence electrons. The van der Waals surface area contributed by atoms with Gasteiger partial charge in [-0.15, -0.1) is 0 Å². The second-order valence-electron chi connectivity index (χ2n) is 7.28. The zero-order valence-electron chi connectivity index (χ0n) is 16.2. The molecule has 0 aromatic heterocycles. The Balaban J connectivity index is 1.84. The molecule has 0 saturated carbocycles. The summed E-state index contributed by atoms with van der Waals surface area (Å²) in [6.45, 7) is 4.31. The molecule has 2 aromatic rings. The van der Waals surface area contributed by atoms with E-state index in [1.54, 1.807) is 24.3 Å². The molecule has 28 heavy (non-hydrogen) atoms. The summed E-state index contributed by atoms with van der Waals surface area (Å²) in [6, 6.07) is 16.6. The first-order chi connectivity index (χ1) is 13.3. The molecule has 0 spiro atoms. The van der Waals surface area contributed by atoms with Crippen molar-refractivity contribution < 1.29 is 19.5 Å². The highest BCUT2D eigenvalue weighted by Gasteiger charge is 2.21. The van der Waals surface area contributed by atoms with Crippen LogP contribution in [-0.4, -0.2) is 29.4 Å². The van der Waals surface area contributed by atoms with Crippen LogP contribution < -0.4 is 10.6 Å². The Morgan fingerprint density at radius 1 is 0.929 bits per heavy atom. The molecule has 2 aromatic carbocycles. The Morgan fingerprint density at radius 3 is 2.18 bits per heavy atom. The van der Waals surface area contributed by atoms with Crippen LogP contribution in [0.1, 0.15) is 49.0 Å². The van der Waals surface area contributed by atoms with Gasteiger partial charge in [0.15, 0.2) is 0 Å². The maximum absolute atomic E-state index is 12.3. The molecule has 0 aliphatic rings. The van der Waals surface area contributed by atoms with Gasteiger partial charge in [-0.3, -0.25) is 14.4 Å². The minimum absolute atomic E-state index is 0.0733. The van der Waals surface area contributed by atoms with Gasteiger partial charge in [-0.1, -0.05) is 44.2 Å². The lowest BCUT2D eigenvalue weighted by molar-refractivity contribution is -0.136. The van der Waals surface area contributed by atoms with Gasteiger partial charge in [-0.2, -0.15) is 0 Å². The number of anilines is 1. The zero-order chi connectivity index (χ0) is 20.6. The van der Waals surface area contributed by atoms with E-state index < -0.39 is 5.97 Å². The van der Waals surface area contributed by atoms with Crippen LogP contribution in [0.5, 0.6) is 0 Å². The van der Waals surface area contributed by atoms with Crippen molar-refractivity contribution in [2.45, 2.75) is 38.5 Å². The SMILES string of the molecule is CC(C)(CCC(=O)Nc1ccc(C(=O)NCCC(=O)O)cc1)c1ccccc1. The maximum Gasteiger partial charge on any atom is 0.305 e. The highest BCUT2D eigenvalue weighted by atomic mass is 16.4. The van der Waals surface area contributed by atoms with Crippen LogP contribution in [0.3, 0.4) is 0 Å². The summed E-state index contributed by atoms with van der Waals surface area (Å²) < 4.78 is 0. The topological polar surface area (TPSA) is 95.5 Å². The lowest BCUT2D eigenvalue weighted by Crippen LogP contribution is -2.26. The Morgan fingerprint density at radius 2 is 1.57 bits per heavy atom. The van der Waals surface area contributed by atoms with Crippen molar-refractivity contribution in [2.75, 3.05) is 11.9 Å². The molecule has 2 rings (SSSR count). The molecule has 0 unspecified atom stereocenters. The number of carboxylic acid groups (broad SMARTS) is 1. The lowest BCUT2D eigenvalue weighted by Gasteiger charge is -2.25. The van der Waals surface area contributed by atoms with E-state index >= 15 is 0 Å². The van der Waals surface area contributed by atoms with Gasteiger partial charge < -0.3 is 15.7 Å². The minimum atomic E-state index is -0.964. The second kappa shape index (κ2) is 9.69. The summed E-state index contributed by atoms with van der Waals surface area (Å²) in [5, 5.41) is 14.0. The molecule has 0 heterocycles. The van der Waals surface area contributed by atoms with Crippen molar-refractivity contribution in [3.8, 4) is 0 Å². The summed E-state index contributed by atoms with van der Waals surface area (Å²) in [6.07, 6.45) is 0.978. The molecule has 0 radical (unpaired) electrons. The van der Waals surface area contributed by atoms with Gasteiger partial charge in [0.25, 0.3) is 5.91 Å². The first kappa shape index (κ1) is 21.2. The fourth-order valence-corrected chi connectivity index (χ4v) is 2.77. The number of carboxylic acids is 1. The third-order valence-electron chi connectivity index (χ3n) is 4.59. The van der Waals surface area contributed by atoms with E-state index in [2.05, 4.69) is 36.6 Å². The van der Waals surface area contributed by atoms with Crippen LogP contribution in [0.15, 0.2) is 54.6 Å². The molecular formula is C22H26N2O4. The molecule has 0 atom stereocenters. The summed E-state index contributed by atoms with van der Waals surface area (Å²) in [5.74, 6) is -1.39. The average Bonchev–Trinajstić information content (AvgIpc) is 2.67. The van der Waals surface area contributed by atoms with E-state index in [1.807, 2.05) is 18.2 Å². The Labute approximate surface area is 165 Å². The smallest absolute Gasteiger partial charge is 0.305 e. The fraction of sp³-hybridized carbons (Fsp3) is 0.318. The summed E-state index contributed by atoms with van der Waals surface area (Å²) >= 11 is 0. The van der Waals surface area contributed by atoms with Crippen molar-refractivity contribution in [3.63, 3.8) is 0 Å². The predicted molar refractivity (Wildman–Crippen MR) is 108 cm³/mol. The summed E-state index contributed by atoms with van der Waals surface area (Å²) in [5.41, 5.74) is 2.12. The molecule has 0 aliphatic carbocycles. The minimum Gasteiger partial charge on any atom is -0.481 e. The van der Waals surface area contributed by atoms with Gasteiger partial charge in [0.2, 0.25) is 5.91 Å². The molecule has 2 amide bonds. The van der Waals surface area contributed by atoms with E-state index in [0.717, 1.165) is 0 Å². The van der Waals surface area contributed by atoms with Crippen LogP contribution in [0.2, 0.25) is 0 Å². The van der Waals surface area contributed by atoms with E-state index in [1.165, 1.54) is 5.56 Å². The maximum atomic E-state index is 12.3. The highest BCUT2D eigenvalue weighted by Crippen LogP contribution is 2.28. The van der Waals surface area contributed by atoms with Crippen molar-refractivity contribution in [1.82, 2.24) is 5.32 Å². The second-order valence-corrected chi connectivity index (χ2v) is 7.28. The van der Waals surface area contributed by atoms with Gasteiger partial charge in [0.1, 0.15) is 0 Å². The number of carbonyl (C=O) groups excluding carboxylic acids is 2. The highest BCUT2D eigenvalue weighted by molar-refractivity contribution is 5.95. The van der Waals surface area contributed by atoms with Crippen molar-refractivity contribution in [2.24, 2.45) is 0 Å². The molecule has 0 saturated heterocycles. The molecule has 0 fully saturated rings. The van der Waals surface area contributed by atoms with Gasteiger partial charge >= 0.3 is 5.97 Å². The standard InChI is InChI=1S/C22H26N2O4/c1-22(2,17-6-4-3-5-7-17)14-12-19(25)24-18-10-8-16(9-11-18)21(28)23-15-13-20(26)27/h3-11H,12-15H2,1-2H3,(H,23,28)(H,24,25)(H,26,27). The lowest BCUT2D eigenvalue weighted by atomic mass is 9.80. The third kappa shape index (κ3) is 6.54. The predicted octanol–water partition coefficient (Wildman–Crippen LogP) is 3.59. The molecular weight excluding hydrogens is 356 g/mol. The largest absolute Gasteiger partial charge is 0.481 e. The first-order valence-electron chi connectivity index (χ1n) is 9.23. The molecule has 0 aliphatic heterocycles. The Hall–Kier alpha value is -3.15. The van der Waals surface area contributed by atoms with Gasteiger partial charge in [0.05, 0.1) is 6.42 Å². The van der Waals surface area contributed by atoms with E-state index in [9.17, 15) is 14.4 Å². The van der Waals surface area contributed by atoms with Crippen molar-refractivity contribution in [1.29, 1.82) is 0 Å². The molecule has 0 bridgehead atoms. The van der Waals surface area contributed by atoms with Crippen LogP contribution in [-0.2, 0) is 15.0 Å². The number of hydrogen-bond acceptors (Lipinski definition) is 3. The van der Waals surface area contributed by atoms with Gasteiger partial charge in [-0.25, -0.2) is 0 Å². The van der Waals surface area contributed by atoms with Gasteiger partial charge in [0, 0.05) is 24.2 Å². The number of carbonyl (C=O) groups is 3. The summed E-state index contributed by atoms with van der Waals surface area (Å²) in [7, 11) is 0. The number of rotatable bonds is 9. The number of aliphatic carboxylic acids is 1. The zero-order valence-corrected chi connectivity index (χ0v) is 16.2. The third-order valence-corrected chi connectivity index (χ3v) is 4.59. The van der Waals surface area contributed by atoms with E-state index in [-0.39, 0.29) is 30.2 Å². The van der Waals surface area contributed by atoms with Crippen molar-refractivity contribution in [3.05, 3.63) is 65.7 Å². The van der Waals surface area contributed by atoms with Gasteiger partial charge in [-0.05, 0) is 41.7 Å². The normalized spacial score (nSPS) is 10.9. The first-order valence-corrected chi connectivity index (χ1v) is 9.23. The number of nitrogens with one attached hydrogen (secondary N) is 2. The number of hydrogen-bond donors (Lipinski definition) is 3. The monoisotopic (exact) mass is 382 g/mol. The molecule has 6 heteroatoms. The number of amides is 2. The quantitative estimate of drug-likeness (QED) is 0.618. The Kier molecular flexibility index (Phi) is 7.32. The van der Waals surface area contributed by atoms with Crippen LogP contribution in [0, 0.1) is 0 Å². The Bertz CT molecular complexity index is 814. The summed E-state index contributed by atoms with van der Waals surface area (Å²) in [4.78, 5) is 34.7. The average molecular weight is 382 g/mol. The molecule has 6 nitrogen and oxygen atoms in total. The van der Waals surface area contributed by atoms with E-state index in [4.69, 9.17) is 5.11 Å². The van der Waals surface area contributed by atoms with Crippen LogP contribution in [0.4, 0.5) is 5.69 Å².